The molecular formula is C22H17Cl2N5O2S. The molecule has 0 saturated carbocycles. The zero-order valence-electron chi connectivity index (χ0n) is 17.0. The van der Waals surface area contributed by atoms with Crippen molar-refractivity contribution in [2.75, 3.05) is 5.43 Å². The number of nitriles is 1. The Labute approximate surface area is 198 Å². The second kappa shape index (κ2) is 8.87. The number of anilines is 1. The lowest BCUT2D eigenvalue weighted by atomic mass is 10.1. The Bertz CT molecular complexity index is 1290. The number of hydrogen-bond acceptors (Lipinski definition) is 6. The van der Waals surface area contributed by atoms with E-state index in [1.54, 1.807) is 36.4 Å². The summed E-state index contributed by atoms with van der Waals surface area (Å²) in [5.41, 5.74) is 4.05. The second-order valence-corrected chi connectivity index (χ2v) is 9.44. The maximum Gasteiger partial charge on any atom is 0.273 e. The normalized spacial score (nSPS) is 18.0. The minimum atomic E-state index is -0.523. The molecule has 1 saturated heterocycles. The highest BCUT2D eigenvalue weighted by atomic mass is 35.5. The molecular weight excluding hydrogens is 469 g/mol. The Morgan fingerprint density at radius 3 is 2.25 bits per heavy atom. The highest BCUT2D eigenvalue weighted by Gasteiger charge is 2.39. The number of hydrazine groups is 1. The van der Waals surface area contributed by atoms with Gasteiger partial charge in [0.15, 0.2) is 0 Å². The van der Waals surface area contributed by atoms with Crippen molar-refractivity contribution in [1.29, 1.82) is 5.26 Å². The zero-order chi connectivity index (χ0) is 23.0. The summed E-state index contributed by atoms with van der Waals surface area (Å²) in [4.78, 5) is 30.3. The van der Waals surface area contributed by atoms with Crippen molar-refractivity contribution in [2.45, 2.75) is 17.5 Å². The fourth-order valence-electron chi connectivity index (χ4n) is 3.32. The molecule has 1 aliphatic rings. The Morgan fingerprint density at radius 2 is 1.66 bits per heavy atom. The minimum absolute atomic E-state index is 0.0925. The summed E-state index contributed by atoms with van der Waals surface area (Å²) in [5, 5.41) is 11.5. The predicted octanol–water partition coefficient (Wildman–Crippen LogP) is 4.62. The maximum absolute atomic E-state index is 12.9. The molecule has 1 fully saturated rings. The molecule has 1 amide bonds. The molecule has 0 spiro atoms. The van der Waals surface area contributed by atoms with Crippen LogP contribution in [0.5, 0.6) is 0 Å². The largest absolute Gasteiger partial charge is 0.279 e. The Balaban J connectivity index is 1.78. The monoisotopic (exact) mass is 485 g/mol. The van der Waals surface area contributed by atoms with Gasteiger partial charge in [-0.15, -0.1) is 11.8 Å². The van der Waals surface area contributed by atoms with Gasteiger partial charge in [0, 0.05) is 22.7 Å². The molecule has 1 N–H and O–H groups in total. The van der Waals surface area contributed by atoms with Crippen LogP contribution < -0.4 is 11.0 Å². The fourth-order valence-corrected chi connectivity index (χ4v) is 4.78. The zero-order valence-corrected chi connectivity index (χ0v) is 19.4. The molecule has 0 aliphatic carbocycles. The number of rotatable bonds is 4. The van der Waals surface area contributed by atoms with Crippen molar-refractivity contribution >= 4 is 46.8 Å². The summed E-state index contributed by atoms with van der Waals surface area (Å²) in [6.45, 7) is 1.82. The molecule has 162 valence electrons. The number of thioether (sulfide) groups is 1. The molecule has 0 radical (unpaired) electrons. The number of aromatic nitrogens is 2. The number of benzene rings is 2. The third kappa shape index (κ3) is 4.07. The smallest absolute Gasteiger partial charge is 0.273 e. The molecule has 0 bridgehead atoms. The number of carbonyl (C=O) groups is 1. The van der Waals surface area contributed by atoms with Crippen LogP contribution in [0, 0.1) is 11.3 Å². The Morgan fingerprint density at radius 1 is 1.06 bits per heavy atom. The summed E-state index contributed by atoms with van der Waals surface area (Å²) < 4.78 is 1.22. The summed E-state index contributed by atoms with van der Waals surface area (Å²) in [5.74, 6) is -0.0115. The average molecular weight is 486 g/mol. The van der Waals surface area contributed by atoms with E-state index in [4.69, 9.17) is 23.2 Å². The standard InChI is InChI=1S/C22H17Cl2N5O2S/c1-12-19(30)29(21(32-12)14-5-9-16(24)10-6-14)27-22-26-18(13-3-7-15(23)8-4-13)17(11-25)20(31)28(22)2/h3-10,12,21H,1-2H3,(H,26,27). The van der Waals surface area contributed by atoms with E-state index in [9.17, 15) is 14.9 Å². The van der Waals surface area contributed by atoms with Gasteiger partial charge in [-0.2, -0.15) is 5.26 Å². The maximum atomic E-state index is 12.9. The van der Waals surface area contributed by atoms with Crippen LogP contribution in [0.1, 0.15) is 23.4 Å². The first-order valence-electron chi connectivity index (χ1n) is 9.58. The van der Waals surface area contributed by atoms with Crippen molar-refractivity contribution in [1.82, 2.24) is 14.6 Å². The Hall–Kier alpha value is -2.99. The summed E-state index contributed by atoms with van der Waals surface area (Å²) in [6.07, 6.45) is 0. The van der Waals surface area contributed by atoms with Gasteiger partial charge in [0.2, 0.25) is 5.95 Å². The number of carbonyl (C=O) groups excluding carboxylic acids is 1. The first-order valence-corrected chi connectivity index (χ1v) is 11.3. The van der Waals surface area contributed by atoms with E-state index in [0.29, 0.717) is 15.6 Å². The molecule has 1 aliphatic heterocycles. The van der Waals surface area contributed by atoms with Crippen LogP contribution in [-0.4, -0.2) is 25.7 Å². The third-order valence-corrected chi connectivity index (χ3v) is 6.90. The van der Waals surface area contributed by atoms with Crippen LogP contribution in [0.4, 0.5) is 5.95 Å². The highest BCUT2D eigenvalue weighted by molar-refractivity contribution is 8.01. The van der Waals surface area contributed by atoms with Gasteiger partial charge in [0.1, 0.15) is 17.0 Å². The van der Waals surface area contributed by atoms with Crippen LogP contribution in [0.2, 0.25) is 10.0 Å². The van der Waals surface area contributed by atoms with Gasteiger partial charge >= 0.3 is 0 Å². The van der Waals surface area contributed by atoms with Crippen LogP contribution >= 0.6 is 35.0 Å². The topological polar surface area (TPSA) is 91.0 Å². The van der Waals surface area contributed by atoms with E-state index in [1.165, 1.54) is 28.4 Å². The minimum Gasteiger partial charge on any atom is -0.279 e. The van der Waals surface area contributed by atoms with Crippen LogP contribution in [-0.2, 0) is 11.8 Å². The van der Waals surface area contributed by atoms with Gasteiger partial charge in [-0.05, 0) is 36.8 Å². The van der Waals surface area contributed by atoms with Crippen molar-refractivity contribution in [3.63, 3.8) is 0 Å². The number of halogens is 2. The average Bonchev–Trinajstić information content (AvgIpc) is 3.06. The Kier molecular flexibility index (Phi) is 6.15. The molecule has 10 heteroatoms. The lowest BCUT2D eigenvalue weighted by Crippen LogP contribution is -2.38. The SMILES string of the molecule is CC1SC(c2ccc(Cl)cc2)N(Nc2nc(-c3ccc(Cl)cc3)c(C#N)c(=O)n2C)C1=O. The summed E-state index contributed by atoms with van der Waals surface area (Å²) >= 11 is 13.4. The van der Waals surface area contributed by atoms with Gasteiger partial charge < -0.3 is 0 Å². The van der Waals surface area contributed by atoms with Crippen LogP contribution in [0.3, 0.4) is 0 Å². The summed E-state index contributed by atoms with van der Waals surface area (Å²) in [6, 6.07) is 15.8. The van der Waals surface area contributed by atoms with Gasteiger partial charge in [-0.25, -0.2) is 9.99 Å². The molecule has 2 aromatic carbocycles. The quantitative estimate of drug-likeness (QED) is 0.579. The van der Waals surface area contributed by atoms with Gasteiger partial charge in [0.25, 0.3) is 11.5 Å². The molecule has 2 atom stereocenters. The van der Waals surface area contributed by atoms with Crippen molar-refractivity contribution in [2.24, 2.45) is 7.05 Å². The first kappa shape index (κ1) is 22.2. The van der Waals surface area contributed by atoms with E-state index >= 15 is 0 Å². The fraction of sp³-hybridized carbons (Fsp3) is 0.182. The lowest BCUT2D eigenvalue weighted by molar-refractivity contribution is -0.128. The van der Waals surface area contributed by atoms with Crippen LogP contribution in [0.15, 0.2) is 53.3 Å². The number of amides is 1. The molecule has 3 aromatic rings. The van der Waals surface area contributed by atoms with Gasteiger partial charge in [-0.1, -0.05) is 47.5 Å². The molecule has 2 unspecified atom stereocenters. The van der Waals surface area contributed by atoms with Crippen molar-refractivity contribution < 1.29 is 4.79 Å². The number of nitrogens with zero attached hydrogens (tertiary/aromatic N) is 4. The highest BCUT2D eigenvalue weighted by Crippen LogP contribution is 2.42. The lowest BCUT2D eigenvalue weighted by Gasteiger charge is -2.26. The van der Waals surface area contributed by atoms with E-state index < -0.39 is 5.56 Å². The predicted molar refractivity (Wildman–Crippen MR) is 126 cm³/mol. The summed E-state index contributed by atoms with van der Waals surface area (Å²) in [7, 11) is 1.50. The third-order valence-electron chi connectivity index (χ3n) is 5.05. The first-order chi connectivity index (χ1) is 15.3. The molecule has 2 heterocycles. The van der Waals surface area contributed by atoms with E-state index in [0.717, 1.165) is 5.56 Å². The van der Waals surface area contributed by atoms with Gasteiger partial charge in [0.05, 0.1) is 10.9 Å². The number of nitrogens with one attached hydrogen (secondary N) is 1. The van der Waals surface area contributed by atoms with Gasteiger partial charge in [-0.3, -0.25) is 19.6 Å². The molecule has 1 aromatic heterocycles. The van der Waals surface area contributed by atoms with E-state index in [1.807, 2.05) is 25.1 Å². The van der Waals surface area contributed by atoms with E-state index in [2.05, 4.69) is 10.4 Å². The van der Waals surface area contributed by atoms with Crippen molar-refractivity contribution in [3.05, 3.63) is 80.1 Å². The van der Waals surface area contributed by atoms with E-state index in [-0.39, 0.29) is 33.7 Å². The molecule has 32 heavy (non-hydrogen) atoms. The second-order valence-electron chi connectivity index (χ2n) is 7.14. The molecule has 4 rings (SSSR count). The number of hydrogen-bond donors (Lipinski definition) is 1. The molecule has 7 nitrogen and oxygen atoms in total. The van der Waals surface area contributed by atoms with Crippen LogP contribution in [0.25, 0.3) is 11.3 Å². The van der Waals surface area contributed by atoms with Crippen molar-refractivity contribution in [3.8, 4) is 17.3 Å².